The molecule has 3 amide bonds. The van der Waals surface area contributed by atoms with E-state index >= 15 is 0 Å². The Hall–Kier alpha value is -3.12. The largest absolute Gasteiger partial charge is 0.481 e. The van der Waals surface area contributed by atoms with E-state index in [1.54, 1.807) is 37.3 Å². The average Bonchev–Trinajstić information content (AvgIpc) is 2.87. The van der Waals surface area contributed by atoms with Crippen LogP contribution in [0.1, 0.15) is 45.1 Å². The number of thioether (sulfide) groups is 1. The molecule has 0 radical (unpaired) electrons. The minimum atomic E-state index is -1.32. The maximum atomic E-state index is 13.2. The monoisotopic (exact) mass is 538 g/mol. The van der Waals surface area contributed by atoms with Crippen LogP contribution in [0.4, 0.5) is 0 Å². The van der Waals surface area contributed by atoms with Gasteiger partial charge in [-0.3, -0.25) is 19.2 Å². The average molecular weight is 539 g/mol. The minimum Gasteiger partial charge on any atom is -0.481 e. The van der Waals surface area contributed by atoms with E-state index in [4.69, 9.17) is 10.8 Å². The summed E-state index contributed by atoms with van der Waals surface area (Å²) in [5.41, 5.74) is 6.61. The van der Waals surface area contributed by atoms with Crippen LogP contribution < -0.4 is 21.7 Å². The van der Waals surface area contributed by atoms with Crippen molar-refractivity contribution in [2.75, 3.05) is 12.0 Å². The second-order valence-electron chi connectivity index (χ2n) is 8.84. The van der Waals surface area contributed by atoms with Crippen molar-refractivity contribution < 1.29 is 34.2 Å². The van der Waals surface area contributed by atoms with E-state index in [9.17, 15) is 29.1 Å². The maximum Gasteiger partial charge on any atom is 0.326 e. The standard InChI is InChI=1S/C25H38N4O7S/c1-4-15(2)21(29-22(32)17(26)12-13-37-3)24(34)27-18(10-11-20(30)31)23(33)28-19(25(35)36)14-16-8-6-5-7-9-16/h5-9,15,17-19,21H,4,10-14,26H2,1-3H3,(H,27,34)(H,28,33)(H,29,32)(H,30,31)(H,35,36). The van der Waals surface area contributed by atoms with E-state index in [-0.39, 0.29) is 18.8 Å². The van der Waals surface area contributed by atoms with Crippen molar-refractivity contribution in [3.63, 3.8) is 0 Å². The number of nitrogens with one attached hydrogen (secondary N) is 3. The summed E-state index contributed by atoms with van der Waals surface area (Å²) in [5, 5.41) is 26.3. The number of benzene rings is 1. The normalized spacial score (nSPS) is 14.9. The van der Waals surface area contributed by atoms with Gasteiger partial charge in [0.1, 0.15) is 18.1 Å². The molecule has 0 aliphatic heterocycles. The van der Waals surface area contributed by atoms with Gasteiger partial charge in [-0.25, -0.2) is 4.79 Å². The zero-order valence-electron chi connectivity index (χ0n) is 21.4. The third-order valence-corrected chi connectivity index (χ3v) is 6.58. The van der Waals surface area contributed by atoms with Gasteiger partial charge >= 0.3 is 11.9 Å². The topological polar surface area (TPSA) is 188 Å². The zero-order valence-corrected chi connectivity index (χ0v) is 22.3. The molecule has 0 spiro atoms. The van der Waals surface area contributed by atoms with Crippen molar-refractivity contribution in [2.45, 2.75) is 70.1 Å². The summed E-state index contributed by atoms with van der Waals surface area (Å²) in [5.74, 6) is -4.12. The van der Waals surface area contributed by atoms with Crippen LogP contribution in [0.25, 0.3) is 0 Å². The second kappa shape index (κ2) is 16.6. The van der Waals surface area contributed by atoms with Crippen LogP contribution in [0, 0.1) is 5.92 Å². The van der Waals surface area contributed by atoms with Crippen LogP contribution in [0.15, 0.2) is 30.3 Å². The van der Waals surface area contributed by atoms with Gasteiger partial charge in [0, 0.05) is 12.8 Å². The Balaban J connectivity index is 3.04. The van der Waals surface area contributed by atoms with Crippen LogP contribution >= 0.6 is 11.8 Å². The van der Waals surface area contributed by atoms with E-state index in [0.717, 1.165) is 0 Å². The first-order chi connectivity index (χ1) is 17.5. The highest BCUT2D eigenvalue weighted by Crippen LogP contribution is 2.11. The Labute approximate surface area is 221 Å². The summed E-state index contributed by atoms with van der Waals surface area (Å²) in [7, 11) is 0. The molecular formula is C25H38N4O7S. The number of hydrogen-bond donors (Lipinski definition) is 6. The Morgan fingerprint density at radius 3 is 2.08 bits per heavy atom. The summed E-state index contributed by atoms with van der Waals surface area (Å²) < 4.78 is 0. The first kappa shape index (κ1) is 31.9. The van der Waals surface area contributed by atoms with Crippen LogP contribution in [0.3, 0.4) is 0 Å². The molecule has 0 bridgehead atoms. The molecule has 0 saturated heterocycles. The third kappa shape index (κ3) is 11.6. The number of carbonyl (C=O) groups is 5. The number of aliphatic carboxylic acids is 2. The molecule has 0 heterocycles. The second-order valence-corrected chi connectivity index (χ2v) is 9.83. The lowest BCUT2D eigenvalue weighted by atomic mass is 9.97. The fourth-order valence-corrected chi connectivity index (χ4v) is 3.95. The molecule has 1 rings (SSSR count). The molecule has 0 saturated carbocycles. The van der Waals surface area contributed by atoms with Gasteiger partial charge in [-0.05, 0) is 36.3 Å². The molecule has 5 atom stereocenters. The molecule has 206 valence electrons. The maximum absolute atomic E-state index is 13.2. The fourth-order valence-electron chi connectivity index (χ4n) is 3.46. The van der Waals surface area contributed by atoms with Crippen LogP contribution in [0.5, 0.6) is 0 Å². The Morgan fingerprint density at radius 2 is 1.54 bits per heavy atom. The third-order valence-electron chi connectivity index (χ3n) is 5.94. The molecule has 7 N–H and O–H groups in total. The SMILES string of the molecule is CCC(C)C(NC(=O)C(N)CCSC)C(=O)NC(CCC(=O)O)C(=O)NC(Cc1ccccc1)C(=O)O. The first-order valence-electron chi connectivity index (χ1n) is 12.1. The van der Waals surface area contributed by atoms with E-state index in [1.807, 2.05) is 13.2 Å². The van der Waals surface area contributed by atoms with Gasteiger partial charge in [0.25, 0.3) is 0 Å². The van der Waals surface area contributed by atoms with Gasteiger partial charge < -0.3 is 31.9 Å². The Bertz CT molecular complexity index is 916. The van der Waals surface area contributed by atoms with Crippen molar-refractivity contribution >= 4 is 41.4 Å². The molecule has 5 unspecified atom stereocenters. The summed E-state index contributed by atoms with van der Waals surface area (Å²) in [4.78, 5) is 61.7. The zero-order chi connectivity index (χ0) is 28.0. The lowest BCUT2D eigenvalue weighted by molar-refractivity contribution is -0.143. The highest BCUT2D eigenvalue weighted by Gasteiger charge is 2.32. The van der Waals surface area contributed by atoms with Gasteiger partial charge in [0.15, 0.2) is 0 Å². The van der Waals surface area contributed by atoms with Gasteiger partial charge in [0.2, 0.25) is 17.7 Å². The molecule has 12 heteroatoms. The predicted octanol–water partition coefficient (Wildman–Crippen LogP) is 0.759. The summed E-state index contributed by atoms with van der Waals surface area (Å²) >= 11 is 1.54. The van der Waals surface area contributed by atoms with E-state index < -0.39 is 60.2 Å². The van der Waals surface area contributed by atoms with Gasteiger partial charge in [-0.15, -0.1) is 0 Å². The molecular weight excluding hydrogens is 500 g/mol. The molecule has 0 aliphatic rings. The van der Waals surface area contributed by atoms with Gasteiger partial charge in [-0.2, -0.15) is 11.8 Å². The number of rotatable bonds is 17. The lowest BCUT2D eigenvalue weighted by Gasteiger charge is -2.28. The van der Waals surface area contributed by atoms with Crippen molar-refractivity contribution in [2.24, 2.45) is 11.7 Å². The number of carbonyl (C=O) groups excluding carboxylic acids is 3. The molecule has 0 aliphatic carbocycles. The highest BCUT2D eigenvalue weighted by atomic mass is 32.2. The van der Waals surface area contributed by atoms with E-state index in [1.165, 1.54) is 11.8 Å². The molecule has 11 nitrogen and oxygen atoms in total. The van der Waals surface area contributed by atoms with Crippen molar-refractivity contribution in [3.8, 4) is 0 Å². The van der Waals surface area contributed by atoms with E-state index in [0.29, 0.717) is 24.2 Å². The molecule has 1 aromatic carbocycles. The molecule has 0 aromatic heterocycles. The summed E-state index contributed by atoms with van der Waals surface area (Å²) in [6.07, 6.45) is 2.14. The smallest absolute Gasteiger partial charge is 0.326 e. The Morgan fingerprint density at radius 1 is 0.919 bits per heavy atom. The van der Waals surface area contributed by atoms with E-state index in [2.05, 4.69) is 16.0 Å². The first-order valence-corrected chi connectivity index (χ1v) is 13.5. The number of nitrogens with two attached hydrogens (primary N) is 1. The molecule has 1 aromatic rings. The van der Waals surface area contributed by atoms with Crippen molar-refractivity contribution in [1.29, 1.82) is 0 Å². The van der Waals surface area contributed by atoms with Crippen molar-refractivity contribution in [3.05, 3.63) is 35.9 Å². The summed E-state index contributed by atoms with van der Waals surface area (Å²) in [6, 6.07) is 4.24. The quantitative estimate of drug-likeness (QED) is 0.166. The highest BCUT2D eigenvalue weighted by molar-refractivity contribution is 7.98. The summed E-state index contributed by atoms with van der Waals surface area (Å²) in [6.45, 7) is 3.59. The lowest BCUT2D eigenvalue weighted by Crippen LogP contribution is -2.58. The van der Waals surface area contributed by atoms with Gasteiger partial charge in [-0.1, -0.05) is 50.6 Å². The van der Waals surface area contributed by atoms with Crippen LogP contribution in [-0.2, 0) is 30.4 Å². The number of hydrogen-bond acceptors (Lipinski definition) is 7. The van der Waals surface area contributed by atoms with Crippen LogP contribution in [-0.4, -0.2) is 76.0 Å². The predicted molar refractivity (Wildman–Crippen MR) is 141 cm³/mol. The molecule has 37 heavy (non-hydrogen) atoms. The number of carboxylic acid groups (broad SMARTS) is 2. The number of carboxylic acids is 2. The Kier molecular flexibility index (Phi) is 14.3. The number of amides is 3. The molecule has 0 fully saturated rings. The van der Waals surface area contributed by atoms with Gasteiger partial charge in [0.05, 0.1) is 6.04 Å². The van der Waals surface area contributed by atoms with Crippen molar-refractivity contribution in [1.82, 2.24) is 16.0 Å². The fraction of sp³-hybridized carbons (Fsp3) is 0.560. The van der Waals surface area contributed by atoms with Crippen LogP contribution in [0.2, 0.25) is 0 Å². The minimum absolute atomic E-state index is 0.000988.